The molecule has 3 fully saturated rings. The number of nitrogens with one attached hydrogen (secondary N) is 1. The molecule has 35 heavy (non-hydrogen) atoms. The summed E-state index contributed by atoms with van der Waals surface area (Å²) in [4.78, 5) is 7.05. The molecule has 2 N–H and O–H groups in total. The van der Waals surface area contributed by atoms with Gasteiger partial charge in [0, 0.05) is 35.8 Å². The third kappa shape index (κ3) is 3.91. The standard InChI is InChI=1S/C25H27N7O3/c33-21-9-14(20-12-22-25(31-28-20)35-8-7-34-22)1-6-19(21)24-26-13-23(29-30-24)32(17-4-5-17)18-10-15-2-3-16(11-18)27-15/h1,6,9,12-13,15-18,27,33H,2-5,7-8,10-11H2/t15-,16+,18?. The Hall–Kier alpha value is -3.53. The van der Waals surface area contributed by atoms with Crippen molar-refractivity contribution < 1.29 is 14.6 Å². The third-order valence-corrected chi connectivity index (χ3v) is 7.44. The second kappa shape index (κ2) is 8.30. The normalized spacial score (nSPS) is 24.9. The summed E-state index contributed by atoms with van der Waals surface area (Å²) in [5, 5.41) is 31.7. The summed E-state index contributed by atoms with van der Waals surface area (Å²) >= 11 is 0. The Morgan fingerprint density at radius 1 is 0.886 bits per heavy atom. The van der Waals surface area contributed by atoms with Crippen molar-refractivity contribution >= 4 is 5.82 Å². The van der Waals surface area contributed by atoms with Crippen LogP contribution in [0.5, 0.6) is 17.4 Å². The molecule has 2 saturated heterocycles. The van der Waals surface area contributed by atoms with Crippen molar-refractivity contribution in [3.8, 4) is 40.0 Å². The first kappa shape index (κ1) is 20.8. The molecule has 5 heterocycles. The van der Waals surface area contributed by atoms with E-state index in [0.29, 0.717) is 71.7 Å². The number of hydrogen-bond donors (Lipinski definition) is 2. The SMILES string of the molecule is Oc1cc(-c2cc3c(nn2)OCCO3)ccc1-c1ncc(N(C2CC2)C2C[C@H]3CC[C@@H](C2)N3)nn1. The van der Waals surface area contributed by atoms with E-state index in [-0.39, 0.29) is 5.75 Å². The molecule has 1 unspecified atom stereocenters. The Bertz CT molecular complexity index is 1240. The topological polar surface area (TPSA) is 118 Å². The molecule has 0 amide bonds. The number of anilines is 1. The number of piperidine rings is 1. The van der Waals surface area contributed by atoms with Gasteiger partial charge in [0.05, 0.1) is 17.5 Å². The van der Waals surface area contributed by atoms with Crippen LogP contribution >= 0.6 is 0 Å². The molecule has 7 rings (SSSR count). The van der Waals surface area contributed by atoms with Crippen molar-refractivity contribution in [1.82, 2.24) is 30.7 Å². The monoisotopic (exact) mass is 473 g/mol. The molecule has 3 aliphatic heterocycles. The van der Waals surface area contributed by atoms with Crippen LogP contribution in [-0.2, 0) is 0 Å². The molecule has 0 spiro atoms. The Balaban J connectivity index is 1.13. The smallest absolute Gasteiger partial charge is 0.276 e. The maximum atomic E-state index is 10.8. The molecule has 0 radical (unpaired) electrons. The summed E-state index contributed by atoms with van der Waals surface area (Å²) in [7, 11) is 0. The minimum atomic E-state index is 0.0581. The van der Waals surface area contributed by atoms with E-state index in [2.05, 4.69) is 35.6 Å². The first-order valence-electron chi connectivity index (χ1n) is 12.4. The van der Waals surface area contributed by atoms with Gasteiger partial charge >= 0.3 is 0 Å². The van der Waals surface area contributed by atoms with Gasteiger partial charge in [-0.1, -0.05) is 6.07 Å². The van der Waals surface area contributed by atoms with E-state index in [0.717, 1.165) is 18.7 Å². The average molecular weight is 474 g/mol. The molecule has 1 aliphatic carbocycles. The number of aromatic nitrogens is 5. The minimum absolute atomic E-state index is 0.0581. The highest BCUT2D eigenvalue weighted by Crippen LogP contribution is 2.39. The van der Waals surface area contributed by atoms with Crippen LogP contribution < -0.4 is 19.7 Å². The third-order valence-electron chi connectivity index (χ3n) is 7.44. The van der Waals surface area contributed by atoms with Gasteiger partial charge in [0.25, 0.3) is 5.88 Å². The fraction of sp³-hybridized carbons (Fsp3) is 0.480. The molecule has 2 bridgehead atoms. The largest absolute Gasteiger partial charge is 0.507 e. The number of nitrogens with zero attached hydrogens (tertiary/aromatic N) is 6. The van der Waals surface area contributed by atoms with Crippen LogP contribution in [0.3, 0.4) is 0 Å². The number of phenolic OH excluding ortho intramolecular Hbond substituents is 1. The summed E-state index contributed by atoms with van der Waals surface area (Å²) in [6.07, 6.45) is 9.07. The van der Waals surface area contributed by atoms with Crippen molar-refractivity contribution in [2.45, 2.75) is 62.7 Å². The van der Waals surface area contributed by atoms with Gasteiger partial charge < -0.3 is 24.8 Å². The van der Waals surface area contributed by atoms with Crippen LogP contribution in [0.4, 0.5) is 5.82 Å². The lowest BCUT2D eigenvalue weighted by atomic mass is 9.98. The zero-order chi connectivity index (χ0) is 23.4. The van der Waals surface area contributed by atoms with Gasteiger partial charge in [0.15, 0.2) is 17.4 Å². The molecule has 1 aromatic carbocycles. The number of benzene rings is 1. The highest BCUT2D eigenvalue weighted by Gasteiger charge is 2.41. The van der Waals surface area contributed by atoms with E-state index in [1.807, 2.05) is 12.3 Å². The zero-order valence-corrected chi connectivity index (χ0v) is 19.3. The lowest BCUT2D eigenvalue weighted by Gasteiger charge is -2.38. The number of hydrogen-bond acceptors (Lipinski definition) is 10. The van der Waals surface area contributed by atoms with Crippen LogP contribution in [0.15, 0.2) is 30.5 Å². The predicted octanol–water partition coefficient (Wildman–Crippen LogP) is 2.72. The van der Waals surface area contributed by atoms with Crippen molar-refractivity contribution in [3.05, 3.63) is 30.5 Å². The number of fused-ring (bicyclic) bond motifs is 3. The average Bonchev–Trinajstić information content (AvgIpc) is 3.67. The van der Waals surface area contributed by atoms with E-state index < -0.39 is 0 Å². The number of ether oxygens (including phenoxy) is 2. The van der Waals surface area contributed by atoms with Gasteiger partial charge in [0.2, 0.25) is 0 Å². The molecule has 2 aromatic heterocycles. The van der Waals surface area contributed by atoms with Gasteiger partial charge in [-0.3, -0.25) is 0 Å². The van der Waals surface area contributed by atoms with E-state index in [4.69, 9.17) is 9.47 Å². The van der Waals surface area contributed by atoms with Gasteiger partial charge in [-0.05, 0) is 50.7 Å². The van der Waals surface area contributed by atoms with Crippen molar-refractivity contribution in [2.24, 2.45) is 0 Å². The van der Waals surface area contributed by atoms with E-state index in [1.165, 1.54) is 25.7 Å². The van der Waals surface area contributed by atoms with Crippen molar-refractivity contribution in [1.29, 1.82) is 0 Å². The van der Waals surface area contributed by atoms with E-state index in [9.17, 15) is 5.11 Å². The fourth-order valence-electron chi connectivity index (χ4n) is 5.67. The quantitative estimate of drug-likeness (QED) is 0.572. The minimum Gasteiger partial charge on any atom is -0.507 e. The summed E-state index contributed by atoms with van der Waals surface area (Å²) in [5.74, 6) is 2.23. The molecule has 1 saturated carbocycles. The number of rotatable bonds is 5. The highest BCUT2D eigenvalue weighted by atomic mass is 16.6. The highest BCUT2D eigenvalue weighted by molar-refractivity contribution is 5.72. The number of phenols is 1. The van der Waals surface area contributed by atoms with Gasteiger partial charge in [0.1, 0.15) is 19.0 Å². The molecule has 180 valence electrons. The number of aromatic hydroxyl groups is 1. The summed E-state index contributed by atoms with van der Waals surface area (Å²) in [6.45, 7) is 0.931. The maximum absolute atomic E-state index is 10.8. The fourth-order valence-corrected chi connectivity index (χ4v) is 5.67. The Labute approximate surface area is 202 Å². The summed E-state index contributed by atoms with van der Waals surface area (Å²) < 4.78 is 11.0. The second-order valence-electron chi connectivity index (χ2n) is 9.87. The van der Waals surface area contributed by atoms with E-state index >= 15 is 0 Å². The van der Waals surface area contributed by atoms with Gasteiger partial charge in [-0.25, -0.2) is 4.98 Å². The van der Waals surface area contributed by atoms with Crippen LogP contribution in [-0.4, -0.2) is 67.9 Å². The van der Waals surface area contributed by atoms with Crippen LogP contribution in [0.1, 0.15) is 38.5 Å². The van der Waals surface area contributed by atoms with Crippen LogP contribution in [0.25, 0.3) is 22.6 Å². The lowest BCUT2D eigenvalue weighted by Crippen LogP contribution is -2.49. The van der Waals surface area contributed by atoms with Gasteiger partial charge in [-0.15, -0.1) is 20.4 Å². The lowest BCUT2D eigenvalue weighted by molar-refractivity contribution is 0.162. The van der Waals surface area contributed by atoms with Crippen LogP contribution in [0.2, 0.25) is 0 Å². The maximum Gasteiger partial charge on any atom is 0.276 e. The Morgan fingerprint density at radius 2 is 1.71 bits per heavy atom. The van der Waals surface area contributed by atoms with Gasteiger partial charge in [-0.2, -0.15) is 0 Å². The molecule has 3 atom stereocenters. The van der Waals surface area contributed by atoms with E-state index in [1.54, 1.807) is 18.2 Å². The first-order valence-corrected chi connectivity index (χ1v) is 12.4. The predicted molar refractivity (Wildman–Crippen MR) is 127 cm³/mol. The zero-order valence-electron chi connectivity index (χ0n) is 19.3. The second-order valence-corrected chi connectivity index (χ2v) is 9.87. The Kier molecular flexibility index (Phi) is 4.93. The van der Waals surface area contributed by atoms with Crippen molar-refractivity contribution in [3.63, 3.8) is 0 Å². The van der Waals surface area contributed by atoms with Crippen LogP contribution in [0, 0.1) is 0 Å². The Morgan fingerprint density at radius 3 is 2.46 bits per heavy atom. The molecule has 3 aromatic rings. The molecule has 4 aliphatic rings. The molecule has 10 heteroatoms. The molecule has 10 nitrogen and oxygen atoms in total. The first-order chi connectivity index (χ1) is 17.2. The molecular formula is C25H27N7O3. The van der Waals surface area contributed by atoms with Crippen molar-refractivity contribution in [2.75, 3.05) is 18.1 Å². The summed E-state index contributed by atoms with van der Waals surface area (Å²) in [6, 6.07) is 9.30. The molecular weight excluding hydrogens is 446 g/mol. The summed E-state index contributed by atoms with van der Waals surface area (Å²) in [5.41, 5.74) is 1.82.